The summed E-state index contributed by atoms with van der Waals surface area (Å²) in [7, 11) is 1.69. The molecule has 0 aliphatic rings. The fraction of sp³-hybridized carbons (Fsp3) is 0.133. The van der Waals surface area contributed by atoms with Gasteiger partial charge in [-0.25, -0.2) is 0 Å². The van der Waals surface area contributed by atoms with Gasteiger partial charge in [-0.05, 0) is 35.9 Å². The Labute approximate surface area is 111 Å². The molecule has 0 aliphatic heterocycles. The molecule has 1 amide bonds. The third kappa shape index (κ3) is 3.25. The Morgan fingerprint density at radius 3 is 2.37 bits per heavy atom. The Morgan fingerprint density at radius 2 is 1.74 bits per heavy atom. The minimum atomic E-state index is -0.163. The van der Waals surface area contributed by atoms with Crippen molar-refractivity contribution >= 4 is 5.91 Å². The summed E-state index contributed by atoms with van der Waals surface area (Å²) in [5.41, 5.74) is 1.37. The minimum Gasteiger partial charge on any atom is -0.508 e. The van der Waals surface area contributed by atoms with Gasteiger partial charge in [-0.2, -0.15) is 0 Å². The zero-order valence-electron chi connectivity index (χ0n) is 10.6. The lowest BCUT2D eigenvalue weighted by Gasteiger charge is -2.17. The number of rotatable bonds is 3. The molecule has 0 bridgehead atoms. The van der Waals surface area contributed by atoms with Gasteiger partial charge >= 0.3 is 0 Å². The second-order valence-electron chi connectivity index (χ2n) is 4.38. The second kappa shape index (κ2) is 5.44. The molecule has 4 nitrogen and oxygen atoms in total. The van der Waals surface area contributed by atoms with E-state index in [2.05, 4.69) is 0 Å². The van der Waals surface area contributed by atoms with Gasteiger partial charge in [-0.1, -0.05) is 18.2 Å². The van der Waals surface area contributed by atoms with Crippen molar-refractivity contribution in [3.8, 4) is 11.5 Å². The van der Waals surface area contributed by atoms with Crippen LogP contribution in [0.2, 0.25) is 0 Å². The molecule has 0 unspecified atom stereocenters. The third-order valence-electron chi connectivity index (χ3n) is 2.80. The van der Waals surface area contributed by atoms with Gasteiger partial charge in [0.2, 0.25) is 0 Å². The van der Waals surface area contributed by atoms with Gasteiger partial charge in [-0.3, -0.25) is 4.79 Å². The molecule has 2 rings (SSSR count). The maximum Gasteiger partial charge on any atom is 0.254 e. The molecular weight excluding hydrogens is 242 g/mol. The van der Waals surface area contributed by atoms with E-state index in [1.165, 1.54) is 12.1 Å². The van der Waals surface area contributed by atoms with E-state index in [0.29, 0.717) is 12.1 Å². The Kier molecular flexibility index (Phi) is 3.71. The number of aromatic hydroxyl groups is 2. The number of amides is 1. The van der Waals surface area contributed by atoms with E-state index in [4.69, 9.17) is 0 Å². The molecule has 2 aromatic rings. The molecule has 0 radical (unpaired) electrons. The predicted octanol–water partition coefficient (Wildman–Crippen LogP) is 2.37. The highest BCUT2D eigenvalue weighted by Gasteiger charge is 2.12. The normalized spacial score (nSPS) is 10.2. The maximum atomic E-state index is 12.1. The Bertz CT molecular complexity index is 578. The van der Waals surface area contributed by atoms with Crippen molar-refractivity contribution in [2.24, 2.45) is 0 Å². The van der Waals surface area contributed by atoms with E-state index in [1.807, 2.05) is 0 Å². The van der Waals surface area contributed by atoms with Crippen molar-refractivity contribution in [3.63, 3.8) is 0 Å². The standard InChI is InChI=1S/C15H15NO3/c1-16(10-11-5-7-13(17)8-6-11)15(19)12-3-2-4-14(18)9-12/h2-9,17-18H,10H2,1H3. The predicted molar refractivity (Wildman–Crippen MR) is 72.0 cm³/mol. The fourth-order valence-electron chi connectivity index (χ4n) is 1.81. The smallest absolute Gasteiger partial charge is 0.254 e. The summed E-state index contributed by atoms with van der Waals surface area (Å²) in [5.74, 6) is 0.110. The van der Waals surface area contributed by atoms with Crippen LogP contribution >= 0.6 is 0 Å². The Hall–Kier alpha value is -2.49. The molecule has 0 aromatic heterocycles. The zero-order chi connectivity index (χ0) is 13.8. The van der Waals surface area contributed by atoms with Crippen LogP contribution in [0.1, 0.15) is 15.9 Å². The van der Waals surface area contributed by atoms with Crippen molar-refractivity contribution in [3.05, 3.63) is 59.7 Å². The van der Waals surface area contributed by atoms with Crippen molar-refractivity contribution in [1.29, 1.82) is 0 Å². The summed E-state index contributed by atoms with van der Waals surface area (Å²) in [5, 5.41) is 18.6. The summed E-state index contributed by atoms with van der Waals surface area (Å²) in [4.78, 5) is 13.7. The first kappa shape index (κ1) is 13.0. The monoisotopic (exact) mass is 257 g/mol. The summed E-state index contributed by atoms with van der Waals surface area (Å²) >= 11 is 0. The van der Waals surface area contributed by atoms with E-state index < -0.39 is 0 Å². The molecule has 98 valence electrons. The first-order valence-corrected chi connectivity index (χ1v) is 5.88. The lowest BCUT2D eigenvalue weighted by atomic mass is 10.1. The van der Waals surface area contributed by atoms with E-state index in [-0.39, 0.29) is 17.4 Å². The Balaban J connectivity index is 2.09. The average Bonchev–Trinajstić information content (AvgIpc) is 2.40. The summed E-state index contributed by atoms with van der Waals surface area (Å²) in [6.45, 7) is 0.439. The highest BCUT2D eigenvalue weighted by Crippen LogP contribution is 2.15. The van der Waals surface area contributed by atoms with Gasteiger partial charge < -0.3 is 15.1 Å². The quantitative estimate of drug-likeness (QED) is 0.887. The van der Waals surface area contributed by atoms with Gasteiger partial charge in [0.15, 0.2) is 0 Å². The molecule has 0 saturated carbocycles. The third-order valence-corrected chi connectivity index (χ3v) is 2.80. The molecular formula is C15H15NO3. The van der Waals surface area contributed by atoms with Crippen LogP contribution in [0.15, 0.2) is 48.5 Å². The number of hydrogen-bond donors (Lipinski definition) is 2. The lowest BCUT2D eigenvalue weighted by Crippen LogP contribution is -2.26. The van der Waals surface area contributed by atoms with Crippen molar-refractivity contribution in [1.82, 2.24) is 4.90 Å². The molecule has 19 heavy (non-hydrogen) atoms. The molecule has 0 aliphatic carbocycles. The highest BCUT2D eigenvalue weighted by atomic mass is 16.3. The number of benzene rings is 2. The van der Waals surface area contributed by atoms with Gasteiger partial charge in [0, 0.05) is 19.2 Å². The summed E-state index contributed by atoms with van der Waals surface area (Å²) in [6.07, 6.45) is 0. The molecule has 2 N–H and O–H groups in total. The molecule has 0 fully saturated rings. The number of phenols is 2. The number of hydrogen-bond acceptors (Lipinski definition) is 3. The molecule has 0 atom stereocenters. The molecule has 2 aromatic carbocycles. The first-order valence-electron chi connectivity index (χ1n) is 5.88. The van der Waals surface area contributed by atoms with Crippen molar-refractivity contribution in [2.75, 3.05) is 7.05 Å². The minimum absolute atomic E-state index is 0.0730. The lowest BCUT2D eigenvalue weighted by molar-refractivity contribution is 0.0784. The van der Waals surface area contributed by atoms with Crippen LogP contribution in [0, 0.1) is 0 Å². The number of carbonyl (C=O) groups is 1. The van der Waals surface area contributed by atoms with Crippen LogP contribution < -0.4 is 0 Å². The van der Waals surface area contributed by atoms with Gasteiger partial charge in [-0.15, -0.1) is 0 Å². The van der Waals surface area contributed by atoms with Gasteiger partial charge in [0.25, 0.3) is 5.91 Å². The van der Waals surface area contributed by atoms with E-state index >= 15 is 0 Å². The fourth-order valence-corrected chi connectivity index (χ4v) is 1.81. The van der Waals surface area contributed by atoms with Crippen LogP contribution in [0.3, 0.4) is 0 Å². The molecule has 0 heterocycles. The number of nitrogens with zero attached hydrogens (tertiary/aromatic N) is 1. The van der Waals surface area contributed by atoms with Crippen molar-refractivity contribution < 1.29 is 15.0 Å². The average molecular weight is 257 g/mol. The number of phenolic OH excluding ortho intramolecular Hbond substituents is 2. The van der Waals surface area contributed by atoms with Crippen molar-refractivity contribution in [2.45, 2.75) is 6.54 Å². The van der Waals surface area contributed by atoms with Crippen LogP contribution in [0.25, 0.3) is 0 Å². The largest absolute Gasteiger partial charge is 0.508 e. The van der Waals surface area contributed by atoms with E-state index in [9.17, 15) is 15.0 Å². The zero-order valence-corrected chi connectivity index (χ0v) is 10.6. The topological polar surface area (TPSA) is 60.8 Å². The van der Waals surface area contributed by atoms with Crippen LogP contribution in [-0.2, 0) is 6.54 Å². The first-order chi connectivity index (χ1) is 9.06. The van der Waals surface area contributed by atoms with Crippen LogP contribution in [-0.4, -0.2) is 28.1 Å². The summed E-state index contributed by atoms with van der Waals surface area (Å²) in [6, 6.07) is 13.0. The highest BCUT2D eigenvalue weighted by molar-refractivity contribution is 5.94. The second-order valence-corrected chi connectivity index (χ2v) is 4.38. The van der Waals surface area contributed by atoms with Gasteiger partial charge in [0.05, 0.1) is 0 Å². The maximum absolute atomic E-state index is 12.1. The molecule has 0 spiro atoms. The van der Waals surface area contributed by atoms with Gasteiger partial charge in [0.1, 0.15) is 11.5 Å². The van der Waals surface area contributed by atoms with E-state index in [1.54, 1.807) is 48.3 Å². The SMILES string of the molecule is CN(Cc1ccc(O)cc1)C(=O)c1cccc(O)c1. The number of carbonyl (C=O) groups excluding carboxylic acids is 1. The molecule has 4 heteroatoms. The van der Waals surface area contributed by atoms with Crippen LogP contribution in [0.4, 0.5) is 0 Å². The van der Waals surface area contributed by atoms with Crippen LogP contribution in [0.5, 0.6) is 11.5 Å². The summed E-state index contributed by atoms with van der Waals surface area (Å²) < 4.78 is 0. The van der Waals surface area contributed by atoms with E-state index in [0.717, 1.165) is 5.56 Å². The molecule has 0 saturated heterocycles. The Morgan fingerprint density at radius 1 is 1.05 bits per heavy atom.